The van der Waals surface area contributed by atoms with E-state index in [0.717, 1.165) is 18.3 Å². The predicted octanol–water partition coefficient (Wildman–Crippen LogP) is 6.01. The average Bonchev–Trinajstić information content (AvgIpc) is 2.26. The first-order chi connectivity index (χ1) is 7.72. The van der Waals surface area contributed by atoms with Gasteiger partial charge in [-0.05, 0) is 11.8 Å². The molecule has 0 aromatic heterocycles. The summed E-state index contributed by atoms with van der Waals surface area (Å²) < 4.78 is 0. The zero-order valence-corrected chi connectivity index (χ0v) is 11.9. The second-order valence-corrected chi connectivity index (χ2v) is 5.56. The van der Waals surface area contributed by atoms with E-state index in [1.165, 1.54) is 57.8 Å². The lowest BCUT2D eigenvalue weighted by Gasteiger charge is -2.19. The second kappa shape index (κ2) is 11.5. The number of hydrogen-bond donors (Lipinski definition) is 0. The van der Waals surface area contributed by atoms with Crippen LogP contribution in [0.2, 0.25) is 0 Å². The van der Waals surface area contributed by atoms with Crippen LogP contribution in [0.5, 0.6) is 0 Å². The highest BCUT2D eigenvalue weighted by atomic mass is 14.2. The normalized spacial score (nSPS) is 13.3. The summed E-state index contributed by atoms with van der Waals surface area (Å²) in [6, 6.07) is 0. The first kappa shape index (κ1) is 16.0. The Kier molecular flexibility index (Phi) is 11.5. The summed E-state index contributed by atoms with van der Waals surface area (Å²) in [5.41, 5.74) is 0. The van der Waals surface area contributed by atoms with Crippen molar-refractivity contribution in [3.8, 4) is 0 Å². The molecule has 1 unspecified atom stereocenters. The Bertz CT molecular complexity index is 126. The highest BCUT2D eigenvalue weighted by Crippen LogP contribution is 2.23. The molecule has 1 atom stereocenters. The maximum absolute atomic E-state index is 3.99. The lowest BCUT2D eigenvalue weighted by molar-refractivity contribution is 0.325. The van der Waals surface area contributed by atoms with E-state index in [4.69, 9.17) is 0 Å². The number of rotatable bonds is 11. The SMILES string of the molecule is [CH2]CCC(CCCCCCCCC)C(C)C. The van der Waals surface area contributed by atoms with Crippen LogP contribution in [0.15, 0.2) is 0 Å². The molecule has 0 nitrogen and oxygen atoms in total. The zero-order chi connectivity index (χ0) is 12.2. The summed E-state index contributed by atoms with van der Waals surface area (Å²) in [5, 5.41) is 0. The lowest BCUT2D eigenvalue weighted by atomic mass is 9.86. The molecular weight excluding hydrogens is 192 g/mol. The van der Waals surface area contributed by atoms with Crippen molar-refractivity contribution in [1.29, 1.82) is 0 Å². The largest absolute Gasteiger partial charge is 0.0654 e. The topological polar surface area (TPSA) is 0 Å². The quantitative estimate of drug-likeness (QED) is 0.377. The van der Waals surface area contributed by atoms with E-state index < -0.39 is 0 Å². The Morgan fingerprint density at radius 3 is 1.88 bits per heavy atom. The molecule has 0 saturated heterocycles. The van der Waals surface area contributed by atoms with Gasteiger partial charge in [-0.25, -0.2) is 0 Å². The summed E-state index contributed by atoms with van der Waals surface area (Å²) in [6.07, 6.45) is 13.9. The minimum absolute atomic E-state index is 0.849. The standard InChI is InChI=1S/C16H33/c1-5-7-8-9-10-11-12-14-16(13-6-2)15(3)4/h15-16H,2,5-14H2,1,3-4H3. The van der Waals surface area contributed by atoms with Crippen molar-refractivity contribution in [2.75, 3.05) is 0 Å². The third-order valence-electron chi connectivity index (χ3n) is 3.70. The Labute approximate surface area is 104 Å². The molecule has 0 rings (SSSR count). The van der Waals surface area contributed by atoms with Gasteiger partial charge in [-0.1, -0.05) is 91.9 Å². The van der Waals surface area contributed by atoms with Crippen LogP contribution in [0.3, 0.4) is 0 Å². The van der Waals surface area contributed by atoms with E-state index in [1.54, 1.807) is 0 Å². The molecule has 16 heavy (non-hydrogen) atoms. The van der Waals surface area contributed by atoms with Gasteiger partial charge in [-0.15, -0.1) is 0 Å². The maximum Gasteiger partial charge on any atom is -0.0391 e. The summed E-state index contributed by atoms with van der Waals surface area (Å²) in [4.78, 5) is 0. The van der Waals surface area contributed by atoms with Crippen LogP contribution >= 0.6 is 0 Å². The van der Waals surface area contributed by atoms with E-state index in [-0.39, 0.29) is 0 Å². The van der Waals surface area contributed by atoms with Crippen molar-refractivity contribution in [3.05, 3.63) is 6.92 Å². The van der Waals surface area contributed by atoms with E-state index in [2.05, 4.69) is 27.7 Å². The summed E-state index contributed by atoms with van der Waals surface area (Å²) in [5.74, 6) is 1.77. The van der Waals surface area contributed by atoms with E-state index in [1.807, 2.05) is 0 Å². The van der Waals surface area contributed by atoms with E-state index >= 15 is 0 Å². The van der Waals surface area contributed by atoms with Crippen molar-refractivity contribution < 1.29 is 0 Å². The average molecular weight is 225 g/mol. The molecule has 0 aliphatic heterocycles. The fourth-order valence-corrected chi connectivity index (χ4v) is 2.44. The van der Waals surface area contributed by atoms with Gasteiger partial charge < -0.3 is 0 Å². The van der Waals surface area contributed by atoms with Crippen molar-refractivity contribution in [2.24, 2.45) is 11.8 Å². The second-order valence-electron chi connectivity index (χ2n) is 5.56. The number of hydrogen-bond acceptors (Lipinski definition) is 0. The molecule has 0 heterocycles. The molecule has 0 aromatic carbocycles. The minimum atomic E-state index is 0.849. The molecule has 97 valence electrons. The zero-order valence-electron chi connectivity index (χ0n) is 11.9. The smallest absolute Gasteiger partial charge is 0.0391 e. The van der Waals surface area contributed by atoms with Crippen LogP contribution in [0.1, 0.15) is 85.0 Å². The molecule has 0 spiro atoms. The third kappa shape index (κ3) is 9.24. The van der Waals surface area contributed by atoms with Gasteiger partial charge in [0.15, 0.2) is 0 Å². The first-order valence-electron chi connectivity index (χ1n) is 7.51. The lowest BCUT2D eigenvalue weighted by Crippen LogP contribution is -2.08. The van der Waals surface area contributed by atoms with E-state index in [9.17, 15) is 0 Å². The van der Waals surface area contributed by atoms with Gasteiger partial charge >= 0.3 is 0 Å². The fraction of sp³-hybridized carbons (Fsp3) is 0.938. The van der Waals surface area contributed by atoms with E-state index in [0.29, 0.717) is 0 Å². The molecular formula is C16H33. The first-order valence-corrected chi connectivity index (χ1v) is 7.51. The highest BCUT2D eigenvalue weighted by molar-refractivity contribution is 4.64. The Hall–Kier alpha value is 0. The number of unbranched alkanes of at least 4 members (excludes halogenated alkanes) is 6. The molecule has 0 aliphatic rings. The van der Waals surface area contributed by atoms with Gasteiger partial charge in [0, 0.05) is 0 Å². The molecule has 0 saturated carbocycles. The molecule has 0 N–H and O–H groups in total. The summed E-state index contributed by atoms with van der Waals surface area (Å²) >= 11 is 0. The molecule has 0 bridgehead atoms. The molecule has 0 aliphatic carbocycles. The van der Waals surface area contributed by atoms with Crippen LogP contribution in [-0.2, 0) is 0 Å². The third-order valence-corrected chi connectivity index (χ3v) is 3.70. The van der Waals surface area contributed by atoms with Gasteiger partial charge in [0.1, 0.15) is 0 Å². The molecule has 0 amide bonds. The Morgan fingerprint density at radius 1 is 0.812 bits per heavy atom. The van der Waals surface area contributed by atoms with Crippen LogP contribution < -0.4 is 0 Å². The van der Waals surface area contributed by atoms with Gasteiger partial charge in [0.25, 0.3) is 0 Å². The fourth-order valence-electron chi connectivity index (χ4n) is 2.44. The van der Waals surface area contributed by atoms with Crippen LogP contribution in [0.4, 0.5) is 0 Å². The van der Waals surface area contributed by atoms with Crippen molar-refractivity contribution >= 4 is 0 Å². The molecule has 1 radical (unpaired) electrons. The van der Waals surface area contributed by atoms with Gasteiger partial charge in [0.05, 0.1) is 0 Å². The Morgan fingerprint density at radius 2 is 1.38 bits per heavy atom. The highest BCUT2D eigenvalue weighted by Gasteiger charge is 2.11. The van der Waals surface area contributed by atoms with Crippen molar-refractivity contribution in [3.63, 3.8) is 0 Å². The minimum Gasteiger partial charge on any atom is -0.0654 e. The maximum atomic E-state index is 3.99. The summed E-state index contributed by atoms with van der Waals surface area (Å²) in [6.45, 7) is 11.0. The van der Waals surface area contributed by atoms with Gasteiger partial charge in [0.2, 0.25) is 0 Å². The summed E-state index contributed by atoms with van der Waals surface area (Å²) in [7, 11) is 0. The van der Waals surface area contributed by atoms with Crippen LogP contribution in [-0.4, -0.2) is 0 Å². The Balaban J connectivity index is 3.33. The van der Waals surface area contributed by atoms with Crippen molar-refractivity contribution in [2.45, 2.75) is 85.0 Å². The van der Waals surface area contributed by atoms with Crippen molar-refractivity contribution in [1.82, 2.24) is 0 Å². The van der Waals surface area contributed by atoms with Gasteiger partial charge in [-0.3, -0.25) is 0 Å². The van der Waals surface area contributed by atoms with Crippen LogP contribution in [0.25, 0.3) is 0 Å². The molecule has 0 aromatic rings. The monoisotopic (exact) mass is 225 g/mol. The molecule has 0 heteroatoms. The molecule has 0 fully saturated rings. The predicted molar refractivity (Wildman–Crippen MR) is 75.5 cm³/mol. The van der Waals surface area contributed by atoms with Gasteiger partial charge in [-0.2, -0.15) is 0 Å². The van der Waals surface area contributed by atoms with Crippen LogP contribution in [0, 0.1) is 18.8 Å².